The Balaban J connectivity index is 2.67. The second-order valence-corrected chi connectivity index (χ2v) is 4.95. The maximum absolute atomic E-state index is 13.5. The summed E-state index contributed by atoms with van der Waals surface area (Å²) in [4.78, 5) is 24.8. The van der Waals surface area contributed by atoms with E-state index in [2.05, 4.69) is 5.32 Å². The van der Waals surface area contributed by atoms with E-state index in [4.69, 9.17) is 0 Å². The highest BCUT2D eigenvalue weighted by Crippen LogP contribution is 2.15. The van der Waals surface area contributed by atoms with Gasteiger partial charge in [-0.05, 0) is 25.5 Å². The van der Waals surface area contributed by atoms with Crippen LogP contribution < -0.4 is 5.32 Å². The molecule has 0 spiro atoms. The predicted octanol–water partition coefficient (Wildman–Crippen LogP) is 2.48. The fourth-order valence-electron chi connectivity index (χ4n) is 1.99. The molecule has 1 aromatic carbocycles. The summed E-state index contributed by atoms with van der Waals surface area (Å²) in [5.41, 5.74) is -0.572. The normalized spacial score (nSPS) is 11.9. The molecule has 0 radical (unpaired) electrons. The minimum Gasteiger partial charge on any atom is -0.350 e. The second kappa shape index (κ2) is 7.82. The Morgan fingerprint density at radius 3 is 2.41 bits per heavy atom. The highest BCUT2D eigenvalue weighted by atomic mass is 19.2. The molecule has 22 heavy (non-hydrogen) atoms. The third-order valence-electron chi connectivity index (χ3n) is 3.45. The van der Waals surface area contributed by atoms with Crippen LogP contribution in [0.5, 0.6) is 0 Å². The molecule has 1 aromatic rings. The molecule has 0 fully saturated rings. The van der Waals surface area contributed by atoms with Gasteiger partial charge in [0.1, 0.15) is 0 Å². The van der Waals surface area contributed by atoms with Crippen molar-refractivity contribution in [1.29, 1.82) is 0 Å². The maximum Gasteiger partial charge on any atom is 0.254 e. The standard InChI is InChI=1S/C15H19F3N2O2/c1-4-9(2)20(10(3)21)8-7-19-15(22)11-5-6-12(16)14(18)13(11)17/h5-6,9H,4,7-8H2,1-3H3,(H,19,22). The van der Waals surface area contributed by atoms with E-state index in [0.29, 0.717) is 6.07 Å². The van der Waals surface area contributed by atoms with Gasteiger partial charge < -0.3 is 10.2 Å². The van der Waals surface area contributed by atoms with Crippen LogP contribution in [0.4, 0.5) is 13.2 Å². The first kappa shape index (κ1) is 18.0. The Bertz CT molecular complexity index is 564. The Kier molecular flexibility index (Phi) is 6.39. The van der Waals surface area contributed by atoms with E-state index in [-0.39, 0.29) is 25.0 Å². The van der Waals surface area contributed by atoms with Crippen molar-refractivity contribution >= 4 is 11.8 Å². The van der Waals surface area contributed by atoms with Crippen molar-refractivity contribution in [2.24, 2.45) is 0 Å². The van der Waals surface area contributed by atoms with Crippen LogP contribution in [0.25, 0.3) is 0 Å². The van der Waals surface area contributed by atoms with Crippen molar-refractivity contribution in [2.45, 2.75) is 33.2 Å². The Hall–Kier alpha value is -2.05. The molecule has 0 bridgehead atoms. The monoisotopic (exact) mass is 316 g/mol. The molecule has 0 aliphatic rings. The van der Waals surface area contributed by atoms with Gasteiger partial charge in [-0.3, -0.25) is 9.59 Å². The van der Waals surface area contributed by atoms with Gasteiger partial charge in [0, 0.05) is 26.1 Å². The number of carbonyl (C=O) groups excluding carboxylic acids is 2. The molecule has 1 atom stereocenters. The van der Waals surface area contributed by atoms with Crippen molar-refractivity contribution in [3.8, 4) is 0 Å². The van der Waals surface area contributed by atoms with Gasteiger partial charge >= 0.3 is 0 Å². The summed E-state index contributed by atoms with van der Waals surface area (Å²) in [5, 5.41) is 2.39. The van der Waals surface area contributed by atoms with E-state index in [1.165, 1.54) is 6.92 Å². The van der Waals surface area contributed by atoms with Gasteiger partial charge in [-0.25, -0.2) is 13.2 Å². The number of carbonyl (C=O) groups is 2. The fourth-order valence-corrected chi connectivity index (χ4v) is 1.99. The largest absolute Gasteiger partial charge is 0.350 e. The molecule has 2 amide bonds. The number of benzene rings is 1. The summed E-state index contributed by atoms with van der Waals surface area (Å²) in [7, 11) is 0. The quantitative estimate of drug-likeness (QED) is 0.820. The minimum absolute atomic E-state index is 0.00871. The summed E-state index contributed by atoms with van der Waals surface area (Å²) in [6.45, 7) is 5.56. The van der Waals surface area contributed by atoms with E-state index in [1.54, 1.807) is 4.90 Å². The molecule has 1 rings (SSSR count). The van der Waals surface area contributed by atoms with Crippen molar-refractivity contribution in [3.05, 3.63) is 35.1 Å². The molecule has 1 unspecified atom stereocenters. The number of rotatable bonds is 6. The van der Waals surface area contributed by atoms with E-state index in [9.17, 15) is 22.8 Å². The smallest absolute Gasteiger partial charge is 0.254 e. The average molecular weight is 316 g/mol. The number of halogens is 3. The van der Waals surface area contributed by atoms with Crippen molar-refractivity contribution in [3.63, 3.8) is 0 Å². The van der Waals surface area contributed by atoms with Crippen LogP contribution in [0.3, 0.4) is 0 Å². The summed E-state index contributed by atoms with van der Waals surface area (Å²) >= 11 is 0. The van der Waals surface area contributed by atoms with E-state index < -0.39 is 28.9 Å². The molecule has 7 heteroatoms. The summed E-state index contributed by atoms with van der Waals surface area (Å²) in [5.74, 6) is -5.55. The SMILES string of the molecule is CCC(C)N(CCNC(=O)c1ccc(F)c(F)c1F)C(C)=O. The van der Waals surface area contributed by atoms with Crippen LogP contribution in [0.1, 0.15) is 37.6 Å². The van der Waals surface area contributed by atoms with E-state index in [1.807, 2.05) is 13.8 Å². The zero-order chi connectivity index (χ0) is 16.9. The van der Waals surface area contributed by atoms with E-state index in [0.717, 1.165) is 12.5 Å². The summed E-state index contributed by atoms with van der Waals surface area (Å²) < 4.78 is 39.4. The lowest BCUT2D eigenvalue weighted by atomic mass is 10.2. The maximum atomic E-state index is 13.5. The number of amides is 2. The van der Waals surface area contributed by atoms with Crippen LogP contribution in [-0.2, 0) is 4.79 Å². The molecule has 122 valence electrons. The first-order chi connectivity index (χ1) is 10.3. The minimum atomic E-state index is -1.68. The molecule has 0 saturated carbocycles. The molecule has 0 aliphatic carbocycles. The molecular formula is C15H19F3N2O2. The lowest BCUT2D eigenvalue weighted by Crippen LogP contribution is -2.42. The molecule has 0 saturated heterocycles. The van der Waals surface area contributed by atoms with Crippen molar-refractivity contribution in [2.75, 3.05) is 13.1 Å². The van der Waals surface area contributed by atoms with Gasteiger partial charge in [0.25, 0.3) is 5.91 Å². The van der Waals surface area contributed by atoms with Crippen LogP contribution in [-0.4, -0.2) is 35.8 Å². The lowest BCUT2D eigenvalue weighted by Gasteiger charge is -2.27. The molecule has 1 N–H and O–H groups in total. The third kappa shape index (κ3) is 4.22. The second-order valence-electron chi connectivity index (χ2n) is 4.95. The Labute approximate surface area is 127 Å². The summed E-state index contributed by atoms with van der Waals surface area (Å²) in [6, 6.07) is 1.57. The molecule has 0 aromatic heterocycles. The number of nitrogens with one attached hydrogen (secondary N) is 1. The topological polar surface area (TPSA) is 49.4 Å². The average Bonchev–Trinajstić information content (AvgIpc) is 2.48. The van der Waals surface area contributed by atoms with Crippen molar-refractivity contribution in [1.82, 2.24) is 10.2 Å². The highest BCUT2D eigenvalue weighted by molar-refractivity contribution is 5.94. The van der Waals surface area contributed by atoms with Crippen LogP contribution >= 0.6 is 0 Å². The number of nitrogens with zero attached hydrogens (tertiary/aromatic N) is 1. The molecule has 4 nitrogen and oxygen atoms in total. The highest BCUT2D eigenvalue weighted by Gasteiger charge is 2.19. The Morgan fingerprint density at radius 1 is 1.23 bits per heavy atom. The predicted molar refractivity (Wildman–Crippen MR) is 75.8 cm³/mol. The third-order valence-corrected chi connectivity index (χ3v) is 3.45. The zero-order valence-electron chi connectivity index (χ0n) is 12.8. The first-order valence-corrected chi connectivity index (χ1v) is 6.98. The van der Waals surface area contributed by atoms with Gasteiger partial charge in [-0.15, -0.1) is 0 Å². The number of hydrogen-bond acceptors (Lipinski definition) is 2. The summed E-state index contributed by atoms with van der Waals surface area (Å²) in [6.07, 6.45) is 0.755. The number of hydrogen-bond donors (Lipinski definition) is 1. The fraction of sp³-hybridized carbons (Fsp3) is 0.467. The Morgan fingerprint density at radius 2 is 1.86 bits per heavy atom. The molecule has 0 heterocycles. The van der Waals surface area contributed by atoms with Gasteiger partial charge in [-0.2, -0.15) is 0 Å². The van der Waals surface area contributed by atoms with Crippen LogP contribution in [0.15, 0.2) is 12.1 Å². The zero-order valence-corrected chi connectivity index (χ0v) is 12.8. The molecule has 0 aliphatic heterocycles. The first-order valence-electron chi connectivity index (χ1n) is 6.98. The van der Waals surface area contributed by atoms with Gasteiger partial charge in [0.05, 0.1) is 5.56 Å². The molecular weight excluding hydrogens is 297 g/mol. The lowest BCUT2D eigenvalue weighted by molar-refractivity contribution is -0.130. The van der Waals surface area contributed by atoms with E-state index >= 15 is 0 Å². The van der Waals surface area contributed by atoms with Crippen molar-refractivity contribution < 1.29 is 22.8 Å². The van der Waals surface area contributed by atoms with Gasteiger partial charge in [0.2, 0.25) is 5.91 Å². The van der Waals surface area contributed by atoms with Gasteiger partial charge in [-0.1, -0.05) is 6.92 Å². The van der Waals surface area contributed by atoms with Gasteiger partial charge in [0.15, 0.2) is 17.5 Å². The van der Waals surface area contributed by atoms with Crippen LogP contribution in [0.2, 0.25) is 0 Å². The van der Waals surface area contributed by atoms with Crippen LogP contribution in [0, 0.1) is 17.5 Å².